The lowest BCUT2D eigenvalue weighted by Crippen LogP contribution is -2.39. The average Bonchev–Trinajstić information content (AvgIpc) is 2.77. The summed E-state index contributed by atoms with van der Waals surface area (Å²) in [5.74, 6) is 0.692. The van der Waals surface area contributed by atoms with E-state index in [0.29, 0.717) is 19.1 Å². The van der Waals surface area contributed by atoms with E-state index in [1.165, 1.54) is 5.56 Å². The van der Waals surface area contributed by atoms with Crippen molar-refractivity contribution in [2.75, 3.05) is 6.61 Å². The second kappa shape index (κ2) is 3.59. The third kappa shape index (κ3) is 1.35. The summed E-state index contributed by atoms with van der Waals surface area (Å²) in [6.45, 7) is 3.38. The van der Waals surface area contributed by atoms with E-state index in [-0.39, 0.29) is 18.1 Å². The van der Waals surface area contributed by atoms with Crippen LogP contribution in [-0.2, 0) is 16.1 Å². The number of likely N-dealkylation sites (tertiary alicyclic amines) is 1. The maximum Gasteiger partial charge on any atom is 0.230 e. The Kier molecular flexibility index (Phi) is 2.21. The molecule has 2 fully saturated rings. The van der Waals surface area contributed by atoms with Crippen LogP contribution in [0.15, 0.2) is 30.3 Å². The van der Waals surface area contributed by atoms with Crippen LogP contribution in [0.1, 0.15) is 12.5 Å². The Morgan fingerprint density at radius 2 is 2.12 bits per heavy atom. The van der Waals surface area contributed by atoms with Gasteiger partial charge in [-0.2, -0.15) is 0 Å². The minimum absolute atomic E-state index is 0.00212. The number of carbonyl (C=O) groups excluding carboxylic acids is 1. The number of hydrogen-bond donors (Lipinski definition) is 0. The van der Waals surface area contributed by atoms with Crippen LogP contribution in [0.2, 0.25) is 0 Å². The molecule has 16 heavy (non-hydrogen) atoms. The lowest BCUT2D eigenvalue weighted by molar-refractivity contribution is -0.148. The van der Waals surface area contributed by atoms with E-state index >= 15 is 0 Å². The van der Waals surface area contributed by atoms with Crippen molar-refractivity contribution in [3.8, 4) is 0 Å². The first-order valence-corrected chi connectivity index (χ1v) is 5.73. The largest absolute Gasteiger partial charge is 0.357 e. The predicted molar refractivity (Wildman–Crippen MR) is 59.4 cm³/mol. The van der Waals surface area contributed by atoms with Gasteiger partial charge in [0.05, 0.1) is 12.5 Å². The Bertz CT molecular complexity index is 404. The third-order valence-electron chi connectivity index (χ3n) is 3.63. The van der Waals surface area contributed by atoms with Gasteiger partial charge in [-0.25, -0.2) is 0 Å². The molecule has 1 amide bonds. The molecule has 3 nitrogen and oxygen atoms in total. The van der Waals surface area contributed by atoms with Crippen molar-refractivity contribution in [1.82, 2.24) is 4.90 Å². The summed E-state index contributed by atoms with van der Waals surface area (Å²) in [7, 11) is 0. The topological polar surface area (TPSA) is 29.5 Å². The van der Waals surface area contributed by atoms with Crippen LogP contribution in [0.5, 0.6) is 0 Å². The van der Waals surface area contributed by atoms with Crippen molar-refractivity contribution in [1.29, 1.82) is 0 Å². The first-order valence-electron chi connectivity index (χ1n) is 5.73. The van der Waals surface area contributed by atoms with E-state index in [2.05, 4.69) is 6.92 Å². The quantitative estimate of drug-likeness (QED) is 0.753. The second-order valence-corrected chi connectivity index (χ2v) is 4.64. The third-order valence-corrected chi connectivity index (χ3v) is 3.63. The summed E-state index contributed by atoms with van der Waals surface area (Å²) >= 11 is 0. The molecule has 2 aliphatic rings. The Morgan fingerprint density at radius 3 is 2.75 bits per heavy atom. The number of nitrogens with zero attached hydrogens (tertiary/aromatic N) is 1. The molecule has 2 saturated heterocycles. The molecule has 0 saturated carbocycles. The molecule has 2 heterocycles. The number of amides is 1. The van der Waals surface area contributed by atoms with Crippen LogP contribution >= 0.6 is 0 Å². The van der Waals surface area contributed by atoms with E-state index in [1.807, 2.05) is 35.2 Å². The van der Waals surface area contributed by atoms with Gasteiger partial charge in [0.25, 0.3) is 0 Å². The van der Waals surface area contributed by atoms with Gasteiger partial charge in [-0.3, -0.25) is 4.79 Å². The van der Waals surface area contributed by atoms with E-state index in [0.717, 1.165) is 0 Å². The Hall–Kier alpha value is -1.35. The van der Waals surface area contributed by atoms with Crippen molar-refractivity contribution in [2.24, 2.45) is 11.8 Å². The maximum absolute atomic E-state index is 12.0. The highest BCUT2D eigenvalue weighted by molar-refractivity contribution is 5.82. The summed E-state index contributed by atoms with van der Waals surface area (Å²) in [6, 6.07) is 10.1. The number of carbonyl (C=O) groups is 1. The molecule has 3 atom stereocenters. The molecule has 2 bridgehead atoms. The minimum atomic E-state index is -0.00212. The van der Waals surface area contributed by atoms with Gasteiger partial charge in [0, 0.05) is 12.5 Å². The van der Waals surface area contributed by atoms with Crippen LogP contribution in [0.4, 0.5) is 0 Å². The second-order valence-electron chi connectivity index (χ2n) is 4.64. The fourth-order valence-corrected chi connectivity index (χ4v) is 2.66. The zero-order valence-electron chi connectivity index (χ0n) is 9.30. The average molecular weight is 217 g/mol. The highest BCUT2D eigenvalue weighted by Crippen LogP contribution is 2.38. The molecule has 0 aromatic heterocycles. The summed E-state index contributed by atoms with van der Waals surface area (Å²) in [6.07, 6.45) is -0.00212. The maximum atomic E-state index is 12.0. The molecule has 3 unspecified atom stereocenters. The van der Waals surface area contributed by atoms with Crippen LogP contribution in [0.3, 0.4) is 0 Å². The van der Waals surface area contributed by atoms with E-state index < -0.39 is 0 Å². The lowest BCUT2D eigenvalue weighted by Gasteiger charge is -2.27. The van der Waals surface area contributed by atoms with Crippen molar-refractivity contribution in [2.45, 2.75) is 19.7 Å². The first kappa shape index (κ1) is 9.85. The van der Waals surface area contributed by atoms with Gasteiger partial charge in [-0.05, 0) is 5.56 Å². The molecule has 2 aliphatic heterocycles. The number of rotatable bonds is 2. The van der Waals surface area contributed by atoms with Crippen molar-refractivity contribution in [3.63, 3.8) is 0 Å². The molecule has 0 spiro atoms. The van der Waals surface area contributed by atoms with E-state index in [1.54, 1.807) is 0 Å². The van der Waals surface area contributed by atoms with E-state index in [4.69, 9.17) is 4.74 Å². The smallest absolute Gasteiger partial charge is 0.230 e. The molecule has 3 rings (SSSR count). The van der Waals surface area contributed by atoms with Gasteiger partial charge in [-0.1, -0.05) is 37.3 Å². The summed E-state index contributed by atoms with van der Waals surface area (Å²) in [4.78, 5) is 13.9. The van der Waals surface area contributed by atoms with Crippen LogP contribution < -0.4 is 0 Å². The Labute approximate surface area is 95.0 Å². The summed E-state index contributed by atoms with van der Waals surface area (Å²) < 4.78 is 5.62. The lowest BCUT2D eigenvalue weighted by atomic mass is 10.0. The molecule has 0 aliphatic carbocycles. The Balaban J connectivity index is 1.80. The van der Waals surface area contributed by atoms with Crippen molar-refractivity contribution >= 4 is 5.91 Å². The fraction of sp³-hybridized carbons (Fsp3) is 0.462. The van der Waals surface area contributed by atoms with Gasteiger partial charge >= 0.3 is 0 Å². The monoisotopic (exact) mass is 217 g/mol. The molecule has 1 aromatic carbocycles. The Morgan fingerprint density at radius 1 is 1.38 bits per heavy atom. The highest BCUT2D eigenvalue weighted by Gasteiger charge is 2.51. The molecule has 0 N–H and O–H groups in total. The first-order chi connectivity index (χ1) is 7.77. The zero-order valence-corrected chi connectivity index (χ0v) is 9.30. The van der Waals surface area contributed by atoms with Gasteiger partial charge in [-0.15, -0.1) is 0 Å². The van der Waals surface area contributed by atoms with Gasteiger partial charge in [0.1, 0.15) is 6.23 Å². The molecular formula is C13H15NO2. The van der Waals surface area contributed by atoms with Gasteiger partial charge in [0.15, 0.2) is 0 Å². The SMILES string of the molecule is CC1C2COC1N(Cc1ccccc1)C2=O. The van der Waals surface area contributed by atoms with E-state index in [9.17, 15) is 4.79 Å². The molecular weight excluding hydrogens is 202 g/mol. The molecule has 84 valence electrons. The van der Waals surface area contributed by atoms with Crippen LogP contribution in [-0.4, -0.2) is 23.6 Å². The number of fused-ring (bicyclic) bond motifs is 2. The van der Waals surface area contributed by atoms with Crippen molar-refractivity contribution < 1.29 is 9.53 Å². The molecule has 1 aromatic rings. The standard InChI is InChI=1S/C13H15NO2/c1-9-11-8-16-13(9)14(12(11)15)7-10-5-3-2-4-6-10/h2-6,9,11,13H,7-8H2,1H3. The predicted octanol–water partition coefficient (Wildman–Crippen LogP) is 1.64. The summed E-state index contributed by atoms with van der Waals surface area (Å²) in [5.41, 5.74) is 1.17. The van der Waals surface area contributed by atoms with Crippen LogP contribution in [0, 0.1) is 11.8 Å². The summed E-state index contributed by atoms with van der Waals surface area (Å²) in [5, 5.41) is 0. The molecule has 0 radical (unpaired) electrons. The number of benzene rings is 1. The number of hydrogen-bond acceptors (Lipinski definition) is 2. The van der Waals surface area contributed by atoms with Gasteiger partial charge < -0.3 is 9.64 Å². The van der Waals surface area contributed by atoms with Crippen molar-refractivity contribution in [3.05, 3.63) is 35.9 Å². The van der Waals surface area contributed by atoms with Crippen LogP contribution in [0.25, 0.3) is 0 Å². The number of ether oxygens (including phenoxy) is 1. The zero-order chi connectivity index (χ0) is 11.1. The fourth-order valence-electron chi connectivity index (χ4n) is 2.66. The normalized spacial score (nSPS) is 32.4. The van der Waals surface area contributed by atoms with Gasteiger partial charge in [0.2, 0.25) is 5.91 Å². The highest BCUT2D eigenvalue weighted by atomic mass is 16.5. The molecule has 3 heteroatoms. The minimum Gasteiger partial charge on any atom is -0.357 e.